The van der Waals surface area contributed by atoms with E-state index in [1.807, 2.05) is 30.3 Å². The molecule has 0 aliphatic heterocycles. The van der Waals surface area contributed by atoms with E-state index in [2.05, 4.69) is 10.4 Å². The Morgan fingerprint density at radius 3 is 2.74 bits per heavy atom. The van der Waals surface area contributed by atoms with Crippen molar-refractivity contribution in [1.82, 2.24) is 15.1 Å². The average Bonchev–Trinajstić information content (AvgIpc) is 2.82. The lowest BCUT2D eigenvalue weighted by Crippen LogP contribution is -2.35. The summed E-state index contributed by atoms with van der Waals surface area (Å²) in [6, 6.07) is 9.27. The van der Waals surface area contributed by atoms with Crippen molar-refractivity contribution in [2.24, 2.45) is 7.05 Å². The van der Waals surface area contributed by atoms with Crippen LogP contribution in [0.1, 0.15) is 17.3 Å². The van der Waals surface area contributed by atoms with Crippen LogP contribution in [0, 0.1) is 0 Å². The molecular formula is C14H17N3O2. The van der Waals surface area contributed by atoms with Crippen molar-refractivity contribution in [3.05, 3.63) is 42.1 Å². The Bertz CT molecular complexity index is 563. The van der Waals surface area contributed by atoms with Crippen LogP contribution in [-0.4, -0.2) is 33.4 Å². The first-order chi connectivity index (χ1) is 9.11. The van der Waals surface area contributed by atoms with Crippen LogP contribution in [-0.2, 0) is 7.05 Å². The van der Waals surface area contributed by atoms with Gasteiger partial charge in [0.1, 0.15) is 5.69 Å². The number of aromatic nitrogens is 2. The van der Waals surface area contributed by atoms with Gasteiger partial charge in [-0.05, 0) is 6.92 Å². The van der Waals surface area contributed by atoms with E-state index in [0.29, 0.717) is 11.3 Å². The highest BCUT2D eigenvalue weighted by molar-refractivity contribution is 5.99. The van der Waals surface area contributed by atoms with Gasteiger partial charge in [-0.1, -0.05) is 30.3 Å². The lowest BCUT2D eigenvalue weighted by Gasteiger charge is -2.10. The molecular weight excluding hydrogens is 242 g/mol. The number of rotatable bonds is 4. The van der Waals surface area contributed by atoms with Gasteiger partial charge in [0.2, 0.25) is 0 Å². The molecule has 0 saturated carbocycles. The number of aryl methyl sites for hydroxylation is 1. The Morgan fingerprint density at radius 2 is 2.11 bits per heavy atom. The van der Waals surface area contributed by atoms with Crippen molar-refractivity contribution >= 4 is 5.91 Å². The smallest absolute Gasteiger partial charge is 0.255 e. The standard InChI is InChI=1S/C14H17N3O2/c1-10(9-18)15-14(19)12-8-17(2)16-13(12)11-6-4-3-5-7-11/h3-8,10,18H,9H2,1-2H3,(H,15,19). The molecule has 100 valence electrons. The molecule has 0 fully saturated rings. The Labute approximate surface area is 111 Å². The van der Waals surface area contributed by atoms with Crippen LogP contribution in [0.2, 0.25) is 0 Å². The van der Waals surface area contributed by atoms with Crippen molar-refractivity contribution in [2.45, 2.75) is 13.0 Å². The molecule has 2 rings (SSSR count). The molecule has 0 spiro atoms. The summed E-state index contributed by atoms with van der Waals surface area (Å²) in [4.78, 5) is 12.1. The zero-order valence-corrected chi connectivity index (χ0v) is 11.0. The van der Waals surface area contributed by atoms with Crippen LogP contribution in [0.25, 0.3) is 11.3 Å². The second-order valence-electron chi connectivity index (χ2n) is 4.49. The van der Waals surface area contributed by atoms with Crippen molar-refractivity contribution in [2.75, 3.05) is 6.61 Å². The van der Waals surface area contributed by atoms with Crippen molar-refractivity contribution in [1.29, 1.82) is 0 Å². The van der Waals surface area contributed by atoms with Crippen LogP contribution in [0.5, 0.6) is 0 Å². The van der Waals surface area contributed by atoms with E-state index in [1.54, 1.807) is 24.9 Å². The lowest BCUT2D eigenvalue weighted by molar-refractivity contribution is 0.0923. The highest BCUT2D eigenvalue weighted by Gasteiger charge is 2.18. The number of carbonyl (C=O) groups excluding carboxylic acids is 1. The maximum Gasteiger partial charge on any atom is 0.255 e. The van der Waals surface area contributed by atoms with Gasteiger partial charge in [0, 0.05) is 24.8 Å². The molecule has 19 heavy (non-hydrogen) atoms. The maximum absolute atomic E-state index is 12.1. The fraction of sp³-hybridized carbons (Fsp3) is 0.286. The van der Waals surface area contributed by atoms with Crippen LogP contribution in [0.15, 0.2) is 36.5 Å². The summed E-state index contributed by atoms with van der Waals surface area (Å²) in [5, 5.41) is 16.0. The van der Waals surface area contributed by atoms with E-state index in [1.165, 1.54) is 0 Å². The molecule has 5 heteroatoms. The maximum atomic E-state index is 12.1. The molecule has 5 nitrogen and oxygen atoms in total. The van der Waals surface area contributed by atoms with Gasteiger partial charge in [-0.2, -0.15) is 5.10 Å². The third-order valence-corrected chi connectivity index (χ3v) is 2.77. The molecule has 1 aromatic heterocycles. The molecule has 1 amide bonds. The molecule has 0 aliphatic rings. The molecule has 2 N–H and O–H groups in total. The number of nitrogens with one attached hydrogen (secondary N) is 1. The average molecular weight is 259 g/mol. The summed E-state index contributed by atoms with van der Waals surface area (Å²) in [6.07, 6.45) is 1.68. The summed E-state index contributed by atoms with van der Waals surface area (Å²) in [5.74, 6) is -0.228. The first-order valence-corrected chi connectivity index (χ1v) is 6.12. The number of carbonyl (C=O) groups is 1. The quantitative estimate of drug-likeness (QED) is 0.867. The molecule has 0 aliphatic carbocycles. The predicted octanol–water partition coefficient (Wildman–Crippen LogP) is 1.20. The van der Waals surface area contributed by atoms with Gasteiger partial charge < -0.3 is 10.4 Å². The number of amides is 1. The van der Waals surface area contributed by atoms with Crippen LogP contribution < -0.4 is 5.32 Å². The summed E-state index contributed by atoms with van der Waals surface area (Å²) in [7, 11) is 1.78. The second kappa shape index (κ2) is 5.67. The molecule has 1 atom stereocenters. The van der Waals surface area contributed by atoms with Gasteiger partial charge in [0.15, 0.2) is 0 Å². The van der Waals surface area contributed by atoms with Crippen LogP contribution >= 0.6 is 0 Å². The topological polar surface area (TPSA) is 67.2 Å². The summed E-state index contributed by atoms with van der Waals surface area (Å²) >= 11 is 0. The van der Waals surface area contributed by atoms with Crippen LogP contribution in [0.3, 0.4) is 0 Å². The largest absolute Gasteiger partial charge is 0.394 e. The number of hydrogen-bond donors (Lipinski definition) is 2. The van der Waals surface area contributed by atoms with Crippen LogP contribution in [0.4, 0.5) is 0 Å². The minimum Gasteiger partial charge on any atom is -0.394 e. The van der Waals surface area contributed by atoms with Gasteiger partial charge >= 0.3 is 0 Å². The highest BCUT2D eigenvalue weighted by Crippen LogP contribution is 2.21. The normalized spacial score (nSPS) is 12.2. The summed E-state index contributed by atoms with van der Waals surface area (Å²) in [5.41, 5.74) is 2.05. The third-order valence-electron chi connectivity index (χ3n) is 2.77. The van der Waals surface area contributed by atoms with Gasteiger partial charge in [-0.3, -0.25) is 9.48 Å². The molecule has 0 saturated heterocycles. The Hall–Kier alpha value is -2.14. The fourth-order valence-corrected chi connectivity index (χ4v) is 1.81. The molecule has 0 radical (unpaired) electrons. The zero-order valence-electron chi connectivity index (χ0n) is 11.0. The third kappa shape index (κ3) is 3.00. The van der Waals surface area contributed by atoms with E-state index in [-0.39, 0.29) is 18.6 Å². The Morgan fingerprint density at radius 1 is 1.42 bits per heavy atom. The van der Waals surface area contributed by atoms with E-state index in [4.69, 9.17) is 5.11 Å². The highest BCUT2D eigenvalue weighted by atomic mass is 16.3. The van der Waals surface area contributed by atoms with Gasteiger partial charge in [0.25, 0.3) is 5.91 Å². The van der Waals surface area contributed by atoms with E-state index in [0.717, 1.165) is 5.56 Å². The Balaban J connectivity index is 2.34. The molecule has 0 bridgehead atoms. The molecule has 1 aromatic carbocycles. The number of aliphatic hydroxyl groups is 1. The predicted molar refractivity (Wildman–Crippen MR) is 72.7 cm³/mol. The molecule has 2 aromatic rings. The second-order valence-corrected chi connectivity index (χ2v) is 4.49. The minimum absolute atomic E-state index is 0.0906. The van der Waals surface area contributed by atoms with Crippen molar-refractivity contribution < 1.29 is 9.90 Å². The number of hydrogen-bond acceptors (Lipinski definition) is 3. The fourth-order valence-electron chi connectivity index (χ4n) is 1.81. The zero-order chi connectivity index (χ0) is 13.8. The Kier molecular flexibility index (Phi) is 3.97. The lowest BCUT2D eigenvalue weighted by atomic mass is 10.1. The number of nitrogens with zero attached hydrogens (tertiary/aromatic N) is 2. The van der Waals surface area contributed by atoms with Gasteiger partial charge in [-0.15, -0.1) is 0 Å². The van der Waals surface area contributed by atoms with E-state index < -0.39 is 0 Å². The summed E-state index contributed by atoms with van der Waals surface area (Å²) in [6.45, 7) is 1.66. The number of benzene rings is 1. The monoisotopic (exact) mass is 259 g/mol. The van der Waals surface area contributed by atoms with Crippen molar-refractivity contribution in [3.8, 4) is 11.3 Å². The van der Waals surface area contributed by atoms with E-state index >= 15 is 0 Å². The number of aliphatic hydroxyl groups excluding tert-OH is 1. The van der Waals surface area contributed by atoms with E-state index in [9.17, 15) is 4.79 Å². The summed E-state index contributed by atoms with van der Waals surface area (Å²) < 4.78 is 1.61. The van der Waals surface area contributed by atoms with Crippen molar-refractivity contribution in [3.63, 3.8) is 0 Å². The SMILES string of the molecule is CC(CO)NC(=O)c1cn(C)nc1-c1ccccc1. The molecule has 1 heterocycles. The first kappa shape index (κ1) is 13.3. The van der Waals surface area contributed by atoms with Gasteiger partial charge in [-0.25, -0.2) is 0 Å². The minimum atomic E-state index is -0.281. The van der Waals surface area contributed by atoms with Gasteiger partial charge in [0.05, 0.1) is 12.2 Å². The molecule has 1 unspecified atom stereocenters. The first-order valence-electron chi connectivity index (χ1n) is 6.12.